The Bertz CT molecular complexity index is 2000. The highest BCUT2D eigenvalue weighted by Gasteiger charge is 2.53. The van der Waals surface area contributed by atoms with E-state index in [4.69, 9.17) is 28.1 Å². The molecule has 0 aromatic heterocycles. The maximum Gasteiger partial charge on any atom is 0.494 e. The summed E-state index contributed by atoms with van der Waals surface area (Å²) in [5, 5.41) is 0. The van der Waals surface area contributed by atoms with Gasteiger partial charge in [0, 0.05) is 40.4 Å². The number of hydrogen-bond donors (Lipinski definition) is 0. The summed E-state index contributed by atoms with van der Waals surface area (Å²) in [5.74, 6) is 0. The molecule has 328 valence electrons. The first-order chi connectivity index (χ1) is 29.2. The summed E-state index contributed by atoms with van der Waals surface area (Å²) in [6.07, 6.45) is 1.13. The van der Waals surface area contributed by atoms with Crippen molar-refractivity contribution in [2.45, 2.75) is 97.7 Å². The molecule has 5 aromatic carbocycles. The van der Waals surface area contributed by atoms with Gasteiger partial charge in [0.1, 0.15) is 0 Å². The van der Waals surface area contributed by atoms with Crippen molar-refractivity contribution in [3.63, 3.8) is 0 Å². The minimum Gasteiger partial charge on any atom is -0.399 e. The van der Waals surface area contributed by atoms with Crippen molar-refractivity contribution >= 4 is 106 Å². The first-order valence-electron chi connectivity index (χ1n) is 21.0. The average molecular weight is 1100 g/mol. The highest BCUT2D eigenvalue weighted by Crippen LogP contribution is 2.39. The van der Waals surface area contributed by atoms with Crippen LogP contribution in [0.3, 0.4) is 0 Å². The summed E-state index contributed by atoms with van der Waals surface area (Å²) in [4.78, 5) is 2.23. The van der Waals surface area contributed by atoms with Crippen LogP contribution in [0.1, 0.15) is 74.3 Å². The van der Waals surface area contributed by atoms with Gasteiger partial charge in [0.25, 0.3) is 0 Å². The number of nitrogens with zero attached hydrogens (tertiary/aromatic N) is 1. The smallest absolute Gasteiger partial charge is 0.399 e. The van der Waals surface area contributed by atoms with Crippen LogP contribution >= 0.6 is 63.7 Å². The molecule has 13 heteroatoms. The highest BCUT2D eigenvalue weighted by molar-refractivity contribution is 9.11. The number of anilines is 3. The minimum absolute atomic E-state index is 0.287. The van der Waals surface area contributed by atoms with Crippen LogP contribution in [0.4, 0.5) is 17.1 Å². The third-order valence-corrected chi connectivity index (χ3v) is 14.5. The molecule has 3 saturated heterocycles. The fourth-order valence-corrected chi connectivity index (χ4v) is 7.79. The highest BCUT2D eigenvalue weighted by atomic mass is 79.9. The van der Waals surface area contributed by atoms with Crippen molar-refractivity contribution in [1.82, 2.24) is 0 Å². The predicted octanol–water partition coefficient (Wildman–Crippen LogP) is 13.1. The lowest BCUT2D eigenvalue weighted by Gasteiger charge is -2.40. The molecule has 3 fully saturated rings. The molecule has 62 heavy (non-hydrogen) atoms. The zero-order chi connectivity index (χ0) is 44.9. The van der Waals surface area contributed by atoms with Crippen molar-refractivity contribution in [3.8, 4) is 0 Å². The fourth-order valence-electron chi connectivity index (χ4n) is 6.73. The third-order valence-electron chi connectivity index (χ3n) is 12.4. The fraction of sp³-hybridized carbons (Fsp3) is 0.388. The van der Waals surface area contributed by atoms with Crippen molar-refractivity contribution < 1.29 is 28.1 Å². The molecule has 0 radical (unpaired) electrons. The number of ether oxygens (including phenoxy) is 2. The number of benzene rings is 5. The van der Waals surface area contributed by atoms with E-state index in [1.165, 1.54) is 5.56 Å². The second kappa shape index (κ2) is 20.5. The van der Waals surface area contributed by atoms with Gasteiger partial charge in [-0.15, -0.1) is 0 Å². The first kappa shape index (κ1) is 49.2. The number of rotatable bonds is 10. The third kappa shape index (κ3) is 12.1. The number of hydrogen-bond acceptors (Lipinski definition) is 7. The van der Waals surface area contributed by atoms with Gasteiger partial charge in [0.2, 0.25) is 0 Å². The Morgan fingerprint density at radius 1 is 0.484 bits per heavy atom. The lowest BCUT2D eigenvalue weighted by molar-refractivity contribution is -0.152. The van der Waals surface area contributed by atoms with E-state index in [2.05, 4.69) is 216 Å². The van der Waals surface area contributed by atoms with Crippen LogP contribution in [0, 0.1) is 5.41 Å². The normalized spacial score (nSPS) is 18.8. The molecule has 5 aromatic rings. The molecule has 0 atom stereocenters. The molecule has 0 N–H and O–H groups in total. The molecule has 0 unspecified atom stereocenters. The maximum atomic E-state index is 6.10. The van der Waals surface area contributed by atoms with Crippen molar-refractivity contribution in [2.75, 3.05) is 24.7 Å². The second-order valence-corrected chi connectivity index (χ2v) is 21.7. The molecule has 0 aliphatic carbocycles. The standard InChI is InChI=1S/C18H28B2O4.C18H12Br3N.C13H17BrO2/c1-15(2)16(3,4)22-19(21-15)13-9-11-14(12-10-13)20-23-17(5,6)18(7,8)24-20;19-13-1-7-16(8-2-13)22(17-9-3-14(20)4-10-17)18-11-5-15(21)6-12-18;1-2-13(9-16-10-13)8-15-7-11-3-5-12(14)6-4-11/h9-12H,1-8H3;1-12H;3-6H,2,7-10H2,1H3. The quantitative estimate of drug-likeness (QED) is 0.129. The van der Waals surface area contributed by atoms with E-state index in [1.54, 1.807) is 0 Å². The molecule has 3 aliphatic heterocycles. The molecule has 8 rings (SSSR count). The molecule has 0 saturated carbocycles. The molecule has 0 bridgehead atoms. The van der Waals surface area contributed by atoms with E-state index in [-0.39, 0.29) is 42.1 Å². The largest absolute Gasteiger partial charge is 0.494 e. The number of halogens is 4. The molecule has 0 spiro atoms. The summed E-state index contributed by atoms with van der Waals surface area (Å²) in [5.41, 5.74) is 5.55. The van der Waals surface area contributed by atoms with Crippen LogP contribution in [-0.2, 0) is 34.7 Å². The Morgan fingerprint density at radius 2 is 0.790 bits per heavy atom. The lowest BCUT2D eigenvalue weighted by Crippen LogP contribution is -2.45. The van der Waals surface area contributed by atoms with Crippen LogP contribution < -0.4 is 15.8 Å². The van der Waals surface area contributed by atoms with Gasteiger partial charge in [-0.05, 0) is 163 Å². The van der Waals surface area contributed by atoms with Crippen molar-refractivity contribution in [2.24, 2.45) is 5.41 Å². The average Bonchev–Trinajstić information content (AvgIpc) is 3.58. The van der Waals surface area contributed by atoms with Gasteiger partial charge in [-0.1, -0.05) is 107 Å². The van der Waals surface area contributed by atoms with Crippen LogP contribution in [0.5, 0.6) is 0 Å². The van der Waals surface area contributed by atoms with E-state index in [0.717, 1.165) is 72.1 Å². The van der Waals surface area contributed by atoms with E-state index in [9.17, 15) is 0 Å². The van der Waals surface area contributed by atoms with E-state index >= 15 is 0 Å². The van der Waals surface area contributed by atoms with Crippen molar-refractivity contribution in [3.05, 3.63) is 145 Å². The minimum atomic E-state index is -0.345. The summed E-state index contributed by atoms with van der Waals surface area (Å²) in [7, 11) is -0.690. The van der Waals surface area contributed by atoms with Gasteiger partial charge >= 0.3 is 14.2 Å². The van der Waals surface area contributed by atoms with Gasteiger partial charge in [0.05, 0.1) is 48.8 Å². The first-order valence-corrected chi connectivity index (χ1v) is 24.2. The van der Waals surface area contributed by atoms with Gasteiger partial charge in [-0.25, -0.2) is 0 Å². The van der Waals surface area contributed by atoms with Crippen LogP contribution in [0.2, 0.25) is 0 Å². The van der Waals surface area contributed by atoms with Gasteiger partial charge < -0.3 is 33.0 Å². The Balaban J connectivity index is 0.000000158. The Morgan fingerprint density at radius 3 is 1.06 bits per heavy atom. The summed E-state index contributed by atoms with van der Waals surface area (Å²) < 4.78 is 39.7. The lowest BCUT2D eigenvalue weighted by atomic mass is 9.74. The van der Waals surface area contributed by atoms with Crippen molar-refractivity contribution in [1.29, 1.82) is 0 Å². The predicted molar refractivity (Wildman–Crippen MR) is 269 cm³/mol. The summed E-state index contributed by atoms with van der Waals surface area (Å²) >= 11 is 13.9. The molecular formula is C49H57B2Br4NO6. The van der Waals surface area contributed by atoms with Crippen LogP contribution in [0.25, 0.3) is 0 Å². The molecule has 3 aliphatic rings. The molecule has 7 nitrogen and oxygen atoms in total. The van der Waals surface area contributed by atoms with E-state index in [1.807, 2.05) is 36.4 Å². The summed E-state index contributed by atoms with van der Waals surface area (Å²) in [6.45, 7) is 21.9. The summed E-state index contributed by atoms with van der Waals surface area (Å²) in [6, 6.07) is 41.3. The van der Waals surface area contributed by atoms with E-state index in [0.29, 0.717) is 6.61 Å². The van der Waals surface area contributed by atoms with Gasteiger partial charge in [-0.3, -0.25) is 0 Å². The zero-order valence-corrected chi connectivity index (χ0v) is 43.5. The maximum absolute atomic E-state index is 6.10. The molecule has 3 heterocycles. The second-order valence-electron chi connectivity index (χ2n) is 18.1. The topological polar surface area (TPSA) is 58.6 Å². The van der Waals surface area contributed by atoms with Crippen LogP contribution in [-0.4, -0.2) is 56.5 Å². The van der Waals surface area contributed by atoms with E-state index < -0.39 is 0 Å². The Hall–Kier alpha value is -2.29. The zero-order valence-electron chi connectivity index (χ0n) is 37.1. The van der Waals surface area contributed by atoms with Gasteiger partial charge in [-0.2, -0.15) is 0 Å². The molecular weight excluding hydrogens is 1040 g/mol. The SMILES string of the molecule is Brc1ccc(N(c2ccc(Br)cc2)c2ccc(Br)cc2)cc1.CC1(C)OB(c2ccc(B3OC(C)(C)C(C)(C)O3)cc2)OC1(C)C.CCC1(COCc2ccc(Br)cc2)COC1. The van der Waals surface area contributed by atoms with Gasteiger partial charge in [0.15, 0.2) is 0 Å². The molecule has 0 amide bonds. The Labute approximate surface area is 403 Å². The van der Waals surface area contributed by atoms with Crippen LogP contribution in [0.15, 0.2) is 139 Å². The monoisotopic (exact) mass is 1090 g/mol. The Kier molecular flexibility index (Phi) is 16.2.